The Morgan fingerprint density at radius 2 is 2.00 bits per heavy atom. The lowest BCUT2D eigenvalue weighted by atomic mass is 10.3. The minimum Gasteiger partial charge on any atom is -0.398 e. The number of nitrogen functional groups attached to an aromatic ring is 1. The van der Waals surface area contributed by atoms with Crippen LogP contribution in [0.2, 0.25) is 0 Å². The molecule has 0 saturated heterocycles. The van der Waals surface area contributed by atoms with Crippen molar-refractivity contribution < 1.29 is 8.42 Å². The zero-order chi connectivity index (χ0) is 14.5. The minimum atomic E-state index is -3.46. The molecule has 0 aliphatic rings. The van der Waals surface area contributed by atoms with Crippen molar-refractivity contribution in [3.8, 4) is 0 Å². The highest BCUT2D eigenvalue weighted by molar-refractivity contribution is 9.10. The van der Waals surface area contributed by atoms with Crippen LogP contribution in [0, 0.1) is 0 Å². The van der Waals surface area contributed by atoms with Crippen molar-refractivity contribution in [2.75, 3.05) is 32.9 Å². The van der Waals surface area contributed by atoms with Gasteiger partial charge >= 0.3 is 0 Å². The van der Waals surface area contributed by atoms with Crippen LogP contribution in [0.3, 0.4) is 0 Å². The van der Waals surface area contributed by atoms with Crippen LogP contribution in [0.25, 0.3) is 0 Å². The summed E-state index contributed by atoms with van der Waals surface area (Å²) in [5, 5.41) is 0. The maximum Gasteiger partial charge on any atom is 0.240 e. The second-order valence-corrected chi connectivity index (χ2v) is 7.21. The Hall–Kier alpha value is -0.630. The number of sulfonamides is 1. The third-order valence-corrected chi connectivity index (χ3v) is 4.78. The fraction of sp³-hybridized carbons (Fsp3) is 0.500. The van der Waals surface area contributed by atoms with Gasteiger partial charge in [0.2, 0.25) is 10.0 Å². The topological polar surface area (TPSA) is 75.4 Å². The molecule has 19 heavy (non-hydrogen) atoms. The maximum atomic E-state index is 12.0. The number of benzene rings is 1. The highest BCUT2D eigenvalue weighted by Crippen LogP contribution is 2.22. The Morgan fingerprint density at radius 3 is 2.58 bits per heavy atom. The van der Waals surface area contributed by atoms with E-state index in [9.17, 15) is 8.42 Å². The molecule has 0 bridgehead atoms. The summed E-state index contributed by atoms with van der Waals surface area (Å²) >= 11 is 3.24. The number of unbranched alkanes of at least 4 members (excludes halogenated alkanes) is 1. The Balaban J connectivity index is 2.54. The van der Waals surface area contributed by atoms with Crippen LogP contribution < -0.4 is 10.5 Å². The van der Waals surface area contributed by atoms with Gasteiger partial charge in [-0.25, -0.2) is 13.1 Å². The van der Waals surface area contributed by atoms with Crippen LogP contribution in [0.5, 0.6) is 0 Å². The van der Waals surface area contributed by atoms with E-state index in [2.05, 4.69) is 25.6 Å². The zero-order valence-electron chi connectivity index (χ0n) is 11.2. The fourth-order valence-corrected chi connectivity index (χ4v) is 2.89. The van der Waals surface area contributed by atoms with E-state index in [0.29, 0.717) is 16.7 Å². The predicted molar refractivity (Wildman–Crippen MR) is 81.5 cm³/mol. The van der Waals surface area contributed by atoms with Gasteiger partial charge in [0.25, 0.3) is 0 Å². The summed E-state index contributed by atoms with van der Waals surface area (Å²) in [6.07, 6.45) is 1.77. The summed E-state index contributed by atoms with van der Waals surface area (Å²) in [5.41, 5.74) is 6.09. The standard InChI is InChI=1S/C12H20BrN3O2S/c1-16(2)8-4-3-7-15-19(17,18)10-5-6-11(13)12(14)9-10/h5-6,9,15H,3-4,7-8,14H2,1-2H3. The Kier molecular flexibility index (Phi) is 6.25. The molecule has 0 aliphatic carbocycles. The minimum absolute atomic E-state index is 0.195. The van der Waals surface area contributed by atoms with Crippen molar-refractivity contribution in [1.29, 1.82) is 0 Å². The molecule has 1 aromatic rings. The Morgan fingerprint density at radius 1 is 1.32 bits per heavy atom. The molecule has 0 atom stereocenters. The summed E-state index contributed by atoms with van der Waals surface area (Å²) in [6.45, 7) is 1.39. The normalized spacial score (nSPS) is 12.0. The molecule has 0 spiro atoms. The highest BCUT2D eigenvalue weighted by Gasteiger charge is 2.14. The SMILES string of the molecule is CN(C)CCCCNS(=O)(=O)c1ccc(Br)c(N)c1. The second-order valence-electron chi connectivity index (χ2n) is 4.59. The van der Waals surface area contributed by atoms with Crippen molar-refractivity contribution in [3.05, 3.63) is 22.7 Å². The number of nitrogens with one attached hydrogen (secondary N) is 1. The monoisotopic (exact) mass is 349 g/mol. The molecule has 3 N–H and O–H groups in total. The highest BCUT2D eigenvalue weighted by atomic mass is 79.9. The van der Waals surface area contributed by atoms with Gasteiger partial charge in [-0.05, 0) is 67.6 Å². The molecular formula is C12H20BrN3O2S. The molecule has 0 fully saturated rings. The molecular weight excluding hydrogens is 330 g/mol. The van der Waals surface area contributed by atoms with Crippen LogP contribution in [0.15, 0.2) is 27.6 Å². The molecule has 0 aliphatic heterocycles. The molecule has 0 radical (unpaired) electrons. The van der Waals surface area contributed by atoms with Gasteiger partial charge in [0.05, 0.1) is 4.90 Å². The lowest BCUT2D eigenvalue weighted by Crippen LogP contribution is -2.25. The molecule has 0 aromatic heterocycles. The van der Waals surface area contributed by atoms with Gasteiger partial charge in [-0.15, -0.1) is 0 Å². The van der Waals surface area contributed by atoms with E-state index in [-0.39, 0.29) is 4.90 Å². The van der Waals surface area contributed by atoms with E-state index in [1.54, 1.807) is 6.07 Å². The fourth-order valence-electron chi connectivity index (χ4n) is 1.53. The number of hydrogen-bond acceptors (Lipinski definition) is 4. The number of nitrogens with two attached hydrogens (primary N) is 1. The van der Waals surface area contributed by atoms with E-state index in [1.807, 2.05) is 14.1 Å². The first-order valence-corrected chi connectivity index (χ1v) is 8.30. The van der Waals surface area contributed by atoms with Crippen molar-refractivity contribution in [3.63, 3.8) is 0 Å². The zero-order valence-corrected chi connectivity index (χ0v) is 13.6. The van der Waals surface area contributed by atoms with Crippen molar-refractivity contribution >= 4 is 31.6 Å². The molecule has 7 heteroatoms. The average molecular weight is 350 g/mol. The van der Waals surface area contributed by atoms with E-state index in [1.165, 1.54) is 12.1 Å². The molecule has 108 valence electrons. The van der Waals surface area contributed by atoms with Crippen LogP contribution in [0.1, 0.15) is 12.8 Å². The van der Waals surface area contributed by atoms with E-state index in [0.717, 1.165) is 19.4 Å². The summed E-state index contributed by atoms with van der Waals surface area (Å²) < 4.78 is 27.3. The van der Waals surface area contributed by atoms with Gasteiger partial charge < -0.3 is 10.6 Å². The summed E-state index contributed by atoms with van der Waals surface area (Å²) in [7, 11) is 0.525. The lowest BCUT2D eigenvalue weighted by Gasteiger charge is -2.10. The third-order valence-electron chi connectivity index (χ3n) is 2.60. The molecule has 0 saturated carbocycles. The first-order chi connectivity index (χ1) is 8.83. The first kappa shape index (κ1) is 16.4. The molecule has 1 rings (SSSR count). The van der Waals surface area contributed by atoms with Crippen molar-refractivity contribution in [1.82, 2.24) is 9.62 Å². The quantitative estimate of drug-likeness (QED) is 0.579. The van der Waals surface area contributed by atoms with Crippen LogP contribution >= 0.6 is 15.9 Å². The molecule has 0 amide bonds. The van der Waals surface area contributed by atoms with Gasteiger partial charge in [0.1, 0.15) is 0 Å². The van der Waals surface area contributed by atoms with Gasteiger partial charge in [0, 0.05) is 16.7 Å². The third kappa shape index (κ3) is 5.48. The lowest BCUT2D eigenvalue weighted by molar-refractivity contribution is 0.394. The first-order valence-electron chi connectivity index (χ1n) is 6.02. The van der Waals surface area contributed by atoms with Gasteiger partial charge in [-0.2, -0.15) is 0 Å². The summed E-state index contributed by atoms with van der Waals surface area (Å²) in [5.74, 6) is 0. The van der Waals surface area contributed by atoms with Crippen molar-refractivity contribution in [2.45, 2.75) is 17.7 Å². The van der Waals surface area contributed by atoms with Gasteiger partial charge in [-0.1, -0.05) is 0 Å². The van der Waals surface area contributed by atoms with Gasteiger partial charge in [0.15, 0.2) is 0 Å². The maximum absolute atomic E-state index is 12.0. The van der Waals surface area contributed by atoms with Crippen LogP contribution in [-0.4, -0.2) is 40.5 Å². The van der Waals surface area contributed by atoms with Crippen LogP contribution in [-0.2, 0) is 10.0 Å². The number of nitrogens with zero attached hydrogens (tertiary/aromatic N) is 1. The number of anilines is 1. The van der Waals surface area contributed by atoms with Gasteiger partial charge in [-0.3, -0.25) is 0 Å². The summed E-state index contributed by atoms with van der Waals surface area (Å²) in [4.78, 5) is 2.27. The Bertz CT molecular complexity index is 518. The smallest absolute Gasteiger partial charge is 0.240 e. The molecule has 5 nitrogen and oxygen atoms in total. The average Bonchev–Trinajstić information content (AvgIpc) is 2.31. The van der Waals surface area contributed by atoms with E-state index < -0.39 is 10.0 Å². The number of halogens is 1. The number of hydrogen-bond donors (Lipinski definition) is 2. The predicted octanol–water partition coefficient (Wildman–Crippen LogP) is 1.65. The molecule has 0 heterocycles. The number of rotatable bonds is 7. The van der Waals surface area contributed by atoms with E-state index in [4.69, 9.17) is 5.73 Å². The second kappa shape index (κ2) is 7.23. The largest absolute Gasteiger partial charge is 0.398 e. The molecule has 1 aromatic carbocycles. The molecule has 0 unspecified atom stereocenters. The Labute approximate surface area is 123 Å². The van der Waals surface area contributed by atoms with Crippen molar-refractivity contribution in [2.24, 2.45) is 0 Å². The summed E-state index contributed by atoms with van der Waals surface area (Å²) in [6, 6.07) is 4.62. The van der Waals surface area contributed by atoms with E-state index >= 15 is 0 Å². The van der Waals surface area contributed by atoms with Crippen LogP contribution in [0.4, 0.5) is 5.69 Å².